The summed E-state index contributed by atoms with van der Waals surface area (Å²) in [4.78, 5) is 0. The zero-order chi connectivity index (χ0) is 13.8. The van der Waals surface area contributed by atoms with Crippen molar-refractivity contribution in [2.45, 2.75) is 39.3 Å². The van der Waals surface area contributed by atoms with Crippen LogP contribution in [-0.2, 0) is 0 Å². The topological polar surface area (TPSA) is 41.5 Å². The highest BCUT2D eigenvalue weighted by Crippen LogP contribution is 2.25. The zero-order valence-corrected chi connectivity index (χ0v) is 12.0. The molecule has 102 valence electrons. The molecule has 0 radical (unpaired) electrons. The molecule has 0 amide bonds. The number of hydrogen-bond donors (Lipinski definition) is 2. The Morgan fingerprint density at radius 2 is 1.89 bits per heavy atom. The van der Waals surface area contributed by atoms with Crippen LogP contribution in [0.3, 0.4) is 0 Å². The van der Waals surface area contributed by atoms with Crippen LogP contribution in [0.2, 0.25) is 0 Å². The van der Waals surface area contributed by atoms with Gasteiger partial charge in [0.15, 0.2) is 0 Å². The van der Waals surface area contributed by atoms with Gasteiger partial charge in [-0.1, -0.05) is 32.0 Å². The Morgan fingerprint density at radius 3 is 2.44 bits per heavy atom. The normalized spacial score (nSPS) is 16.4. The van der Waals surface area contributed by atoms with Gasteiger partial charge in [-0.2, -0.15) is 0 Å². The van der Waals surface area contributed by atoms with E-state index in [-0.39, 0.29) is 12.0 Å². The molecule has 1 rings (SSSR count). The minimum absolute atomic E-state index is 0.145. The molecule has 1 aromatic rings. The zero-order valence-electron chi connectivity index (χ0n) is 12.0. The molecule has 0 bridgehead atoms. The van der Waals surface area contributed by atoms with E-state index in [9.17, 15) is 5.11 Å². The average molecular weight is 251 g/mol. The Balaban J connectivity index is 2.68. The first kappa shape index (κ1) is 15.0. The van der Waals surface area contributed by atoms with Crippen LogP contribution in [0.4, 0.5) is 0 Å². The van der Waals surface area contributed by atoms with Crippen molar-refractivity contribution >= 4 is 0 Å². The summed E-state index contributed by atoms with van der Waals surface area (Å²) in [5.74, 6) is 1.09. The van der Waals surface area contributed by atoms with Gasteiger partial charge in [0.05, 0.1) is 12.7 Å². The average Bonchev–Trinajstić information content (AvgIpc) is 2.35. The van der Waals surface area contributed by atoms with Crippen LogP contribution >= 0.6 is 0 Å². The fourth-order valence-corrected chi connectivity index (χ4v) is 1.70. The highest BCUT2D eigenvalue weighted by atomic mass is 16.5. The molecule has 0 saturated carbocycles. The van der Waals surface area contributed by atoms with E-state index >= 15 is 0 Å². The van der Waals surface area contributed by atoms with Crippen molar-refractivity contribution in [2.75, 3.05) is 13.7 Å². The molecule has 1 aromatic carbocycles. The molecule has 0 heterocycles. The summed E-state index contributed by atoms with van der Waals surface area (Å²) in [6.07, 6.45) is 0. The smallest absolute Gasteiger partial charge is 0.123 e. The predicted molar refractivity (Wildman–Crippen MR) is 74.9 cm³/mol. The molecular formula is C15H25NO2. The van der Waals surface area contributed by atoms with Crippen molar-refractivity contribution in [1.82, 2.24) is 5.32 Å². The van der Waals surface area contributed by atoms with Crippen LogP contribution in [0.25, 0.3) is 0 Å². The molecule has 3 nitrogen and oxygen atoms in total. The second-order valence-electron chi connectivity index (χ2n) is 5.36. The van der Waals surface area contributed by atoms with Crippen molar-refractivity contribution < 1.29 is 9.84 Å². The lowest BCUT2D eigenvalue weighted by Crippen LogP contribution is -2.43. The Kier molecular flexibility index (Phi) is 5.17. The Morgan fingerprint density at radius 1 is 1.28 bits per heavy atom. The molecule has 0 aliphatic carbocycles. The van der Waals surface area contributed by atoms with E-state index in [4.69, 9.17) is 4.74 Å². The van der Waals surface area contributed by atoms with Crippen molar-refractivity contribution in [1.29, 1.82) is 0 Å². The number of benzene rings is 1. The Labute approximate surface area is 110 Å². The van der Waals surface area contributed by atoms with E-state index in [1.807, 2.05) is 45.0 Å². The second kappa shape index (κ2) is 6.21. The van der Waals surface area contributed by atoms with Gasteiger partial charge in [0, 0.05) is 18.2 Å². The molecule has 0 fully saturated rings. The van der Waals surface area contributed by atoms with Crippen molar-refractivity contribution in [3.05, 3.63) is 29.8 Å². The minimum atomic E-state index is -0.698. The quantitative estimate of drug-likeness (QED) is 0.817. The number of aliphatic hydroxyl groups is 1. The molecule has 0 spiro atoms. The minimum Gasteiger partial charge on any atom is -0.496 e. The number of rotatable bonds is 6. The van der Waals surface area contributed by atoms with E-state index in [1.54, 1.807) is 7.11 Å². The van der Waals surface area contributed by atoms with Crippen molar-refractivity contribution in [3.63, 3.8) is 0 Å². The van der Waals surface area contributed by atoms with E-state index in [0.717, 1.165) is 11.3 Å². The monoisotopic (exact) mass is 251 g/mol. The van der Waals surface area contributed by atoms with Crippen LogP contribution in [0, 0.1) is 5.92 Å². The van der Waals surface area contributed by atoms with Crippen LogP contribution in [0.5, 0.6) is 5.75 Å². The van der Waals surface area contributed by atoms with E-state index < -0.39 is 5.60 Å². The summed E-state index contributed by atoms with van der Waals surface area (Å²) in [5, 5.41) is 13.6. The number of hydrogen-bond acceptors (Lipinski definition) is 3. The molecule has 18 heavy (non-hydrogen) atoms. The van der Waals surface area contributed by atoms with Gasteiger partial charge < -0.3 is 15.2 Å². The van der Waals surface area contributed by atoms with Gasteiger partial charge >= 0.3 is 0 Å². The lowest BCUT2D eigenvalue weighted by molar-refractivity contribution is 0.0121. The van der Waals surface area contributed by atoms with E-state index in [1.165, 1.54) is 0 Å². The maximum atomic E-state index is 10.2. The number of para-hydroxylation sites is 1. The fraction of sp³-hybridized carbons (Fsp3) is 0.600. The summed E-state index contributed by atoms with van der Waals surface area (Å²) in [6, 6.07) is 8.09. The Hall–Kier alpha value is -1.06. The molecule has 2 atom stereocenters. The number of methoxy groups -OCH3 is 1. The van der Waals surface area contributed by atoms with Gasteiger partial charge in [-0.3, -0.25) is 0 Å². The first-order chi connectivity index (χ1) is 8.38. The summed E-state index contributed by atoms with van der Waals surface area (Å²) in [6.45, 7) is 8.54. The van der Waals surface area contributed by atoms with Gasteiger partial charge in [-0.05, 0) is 25.8 Å². The third-order valence-corrected chi connectivity index (χ3v) is 3.62. The van der Waals surface area contributed by atoms with Gasteiger partial charge in [0.25, 0.3) is 0 Å². The molecule has 3 heteroatoms. The Bertz CT molecular complexity index is 375. The van der Waals surface area contributed by atoms with Crippen molar-refractivity contribution in [3.8, 4) is 5.75 Å². The lowest BCUT2D eigenvalue weighted by Gasteiger charge is -2.30. The molecule has 0 aliphatic rings. The van der Waals surface area contributed by atoms with E-state index in [2.05, 4.69) is 12.2 Å². The summed E-state index contributed by atoms with van der Waals surface area (Å²) >= 11 is 0. The molecule has 0 saturated heterocycles. The highest BCUT2D eigenvalue weighted by molar-refractivity contribution is 5.35. The molecule has 0 aliphatic heterocycles. The van der Waals surface area contributed by atoms with Crippen molar-refractivity contribution in [2.24, 2.45) is 5.92 Å². The maximum absolute atomic E-state index is 10.2. The van der Waals surface area contributed by atoms with Gasteiger partial charge in [0.1, 0.15) is 5.75 Å². The maximum Gasteiger partial charge on any atom is 0.123 e. The standard InChI is InChI=1S/C15H25NO2/c1-11(2)15(4,17)10-16-12(3)13-8-6-7-9-14(13)18-5/h6-9,11-12,16-17H,10H2,1-5H3/t12-,15?/m0/s1. The van der Waals surface area contributed by atoms with Crippen LogP contribution < -0.4 is 10.1 Å². The van der Waals surface area contributed by atoms with E-state index in [0.29, 0.717) is 6.54 Å². The van der Waals surface area contributed by atoms with Crippen LogP contribution in [0.1, 0.15) is 39.3 Å². The summed E-state index contributed by atoms with van der Waals surface area (Å²) in [7, 11) is 1.68. The number of nitrogens with one attached hydrogen (secondary N) is 1. The van der Waals surface area contributed by atoms with Gasteiger partial charge in [0.2, 0.25) is 0 Å². The summed E-state index contributed by atoms with van der Waals surface area (Å²) in [5.41, 5.74) is 0.413. The SMILES string of the molecule is COc1ccccc1[C@H](C)NCC(C)(O)C(C)C. The van der Waals surface area contributed by atoms with Crippen LogP contribution in [-0.4, -0.2) is 24.4 Å². The number of ether oxygens (including phenoxy) is 1. The highest BCUT2D eigenvalue weighted by Gasteiger charge is 2.25. The lowest BCUT2D eigenvalue weighted by atomic mass is 9.92. The first-order valence-electron chi connectivity index (χ1n) is 6.47. The fourth-order valence-electron chi connectivity index (χ4n) is 1.70. The summed E-state index contributed by atoms with van der Waals surface area (Å²) < 4.78 is 5.34. The van der Waals surface area contributed by atoms with Gasteiger partial charge in [-0.15, -0.1) is 0 Å². The first-order valence-corrected chi connectivity index (χ1v) is 6.47. The molecule has 0 aromatic heterocycles. The predicted octanol–water partition coefficient (Wildman–Crippen LogP) is 2.75. The van der Waals surface area contributed by atoms with Crippen LogP contribution in [0.15, 0.2) is 24.3 Å². The van der Waals surface area contributed by atoms with Gasteiger partial charge in [-0.25, -0.2) is 0 Å². The second-order valence-corrected chi connectivity index (χ2v) is 5.36. The molecule has 2 N–H and O–H groups in total. The third-order valence-electron chi connectivity index (χ3n) is 3.62. The largest absolute Gasteiger partial charge is 0.496 e. The third kappa shape index (κ3) is 3.72. The molecular weight excluding hydrogens is 226 g/mol. The molecule has 1 unspecified atom stereocenters.